The molecule has 1 unspecified atom stereocenters. The maximum Gasteiger partial charge on any atom is 0.231 e. The van der Waals surface area contributed by atoms with E-state index in [0.717, 1.165) is 54.0 Å². The Bertz CT molecular complexity index is 1080. The largest absolute Gasteiger partial charge is 0.493 e. The SMILES string of the molecule is COc1ccc2c(c1Oc1cccs1)CN1CCc3cc4c(cc3C1C2)OCO4. The number of hydrogen-bond donors (Lipinski definition) is 0. The molecule has 29 heavy (non-hydrogen) atoms. The Morgan fingerprint density at radius 3 is 2.83 bits per heavy atom. The summed E-state index contributed by atoms with van der Waals surface area (Å²) < 4.78 is 23.1. The van der Waals surface area contributed by atoms with E-state index in [1.54, 1.807) is 18.4 Å². The first-order valence-corrected chi connectivity index (χ1v) is 10.7. The third-order valence-electron chi connectivity index (χ3n) is 6.12. The maximum atomic E-state index is 6.28. The van der Waals surface area contributed by atoms with Crippen molar-refractivity contribution in [1.82, 2.24) is 4.90 Å². The van der Waals surface area contributed by atoms with Crippen LogP contribution in [0.5, 0.6) is 28.1 Å². The minimum atomic E-state index is 0.318. The number of methoxy groups -OCH3 is 1. The van der Waals surface area contributed by atoms with Gasteiger partial charge >= 0.3 is 0 Å². The molecule has 3 aliphatic rings. The van der Waals surface area contributed by atoms with Crippen molar-refractivity contribution < 1.29 is 18.9 Å². The summed E-state index contributed by atoms with van der Waals surface area (Å²) in [7, 11) is 1.70. The van der Waals surface area contributed by atoms with E-state index in [4.69, 9.17) is 18.9 Å². The van der Waals surface area contributed by atoms with E-state index in [1.165, 1.54) is 22.3 Å². The first kappa shape index (κ1) is 17.2. The van der Waals surface area contributed by atoms with E-state index in [2.05, 4.69) is 23.1 Å². The van der Waals surface area contributed by atoms with Crippen molar-refractivity contribution >= 4 is 11.3 Å². The smallest absolute Gasteiger partial charge is 0.231 e. The van der Waals surface area contributed by atoms with Crippen LogP contribution < -0.4 is 18.9 Å². The topological polar surface area (TPSA) is 40.2 Å². The highest BCUT2D eigenvalue weighted by Gasteiger charge is 2.35. The summed E-state index contributed by atoms with van der Waals surface area (Å²) in [5, 5.41) is 2.91. The van der Waals surface area contributed by atoms with Gasteiger partial charge in [-0.1, -0.05) is 6.07 Å². The van der Waals surface area contributed by atoms with Crippen LogP contribution in [0.25, 0.3) is 0 Å². The molecule has 0 saturated heterocycles. The fourth-order valence-electron chi connectivity index (χ4n) is 4.69. The number of benzene rings is 2. The zero-order valence-electron chi connectivity index (χ0n) is 16.1. The van der Waals surface area contributed by atoms with Crippen LogP contribution in [0.3, 0.4) is 0 Å². The summed E-state index contributed by atoms with van der Waals surface area (Å²) in [6.07, 6.45) is 1.97. The molecule has 3 aliphatic heterocycles. The van der Waals surface area contributed by atoms with Crippen LogP contribution in [-0.4, -0.2) is 25.3 Å². The second-order valence-electron chi connectivity index (χ2n) is 7.61. The molecule has 0 N–H and O–H groups in total. The molecule has 0 amide bonds. The van der Waals surface area contributed by atoms with Crippen molar-refractivity contribution in [3.05, 3.63) is 64.0 Å². The normalized spacial score (nSPS) is 19.3. The number of nitrogens with zero attached hydrogens (tertiary/aromatic N) is 1. The Morgan fingerprint density at radius 2 is 2.00 bits per heavy atom. The highest BCUT2D eigenvalue weighted by molar-refractivity contribution is 7.11. The van der Waals surface area contributed by atoms with Crippen LogP contribution >= 0.6 is 11.3 Å². The second-order valence-corrected chi connectivity index (χ2v) is 8.52. The predicted molar refractivity (Wildman–Crippen MR) is 111 cm³/mol. The Hall–Kier alpha value is -2.70. The molecule has 1 atom stereocenters. The van der Waals surface area contributed by atoms with Gasteiger partial charge in [0.1, 0.15) is 0 Å². The lowest BCUT2D eigenvalue weighted by atomic mass is 9.83. The number of thiophene rings is 1. The van der Waals surface area contributed by atoms with Crippen molar-refractivity contribution in [2.45, 2.75) is 25.4 Å². The lowest BCUT2D eigenvalue weighted by Gasteiger charge is -2.42. The van der Waals surface area contributed by atoms with E-state index >= 15 is 0 Å². The van der Waals surface area contributed by atoms with Gasteiger partial charge in [-0.3, -0.25) is 4.90 Å². The molecular formula is C23H21NO4S. The number of fused-ring (bicyclic) bond motifs is 5. The molecule has 2 aromatic carbocycles. The van der Waals surface area contributed by atoms with Crippen molar-refractivity contribution in [3.63, 3.8) is 0 Å². The molecule has 0 spiro atoms. The summed E-state index contributed by atoms with van der Waals surface area (Å²) in [6.45, 7) is 2.19. The highest BCUT2D eigenvalue weighted by Crippen LogP contribution is 2.47. The molecule has 4 heterocycles. The van der Waals surface area contributed by atoms with Gasteiger partial charge in [0.25, 0.3) is 0 Å². The summed E-state index contributed by atoms with van der Waals surface area (Å²) >= 11 is 1.60. The lowest BCUT2D eigenvalue weighted by molar-refractivity contribution is 0.158. The maximum absolute atomic E-state index is 6.28. The molecule has 0 bridgehead atoms. The van der Waals surface area contributed by atoms with E-state index in [1.807, 2.05) is 23.6 Å². The van der Waals surface area contributed by atoms with Crippen molar-refractivity contribution in [1.29, 1.82) is 0 Å². The fraction of sp³-hybridized carbons (Fsp3) is 0.304. The van der Waals surface area contributed by atoms with Gasteiger partial charge in [0.05, 0.1) is 7.11 Å². The Labute approximate surface area is 173 Å². The quantitative estimate of drug-likeness (QED) is 0.615. The second kappa shape index (κ2) is 6.68. The van der Waals surface area contributed by atoms with Crippen LogP contribution in [0.1, 0.15) is 28.3 Å². The van der Waals surface area contributed by atoms with Gasteiger partial charge in [0.15, 0.2) is 28.1 Å². The number of rotatable bonds is 3. The zero-order chi connectivity index (χ0) is 19.4. The van der Waals surface area contributed by atoms with Gasteiger partial charge < -0.3 is 18.9 Å². The highest BCUT2D eigenvalue weighted by atomic mass is 32.1. The lowest BCUT2D eigenvalue weighted by Crippen LogP contribution is -2.39. The van der Waals surface area contributed by atoms with E-state index in [0.29, 0.717) is 12.8 Å². The zero-order valence-corrected chi connectivity index (χ0v) is 17.0. The average molecular weight is 407 g/mol. The molecule has 0 aliphatic carbocycles. The monoisotopic (exact) mass is 407 g/mol. The average Bonchev–Trinajstić information content (AvgIpc) is 3.42. The first-order valence-electron chi connectivity index (χ1n) is 9.87. The Kier molecular flexibility index (Phi) is 3.96. The van der Waals surface area contributed by atoms with Crippen LogP contribution in [0.4, 0.5) is 0 Å². The molecule has 148 valence electrons. The third kappa shape index (κ3) is 2.78. The van der Waals surface area contributed by atoms with Gasteiger partial charge in [-0.2, -0.15) is 0 Å². The van der Waals surface area contributed by atoms with Crippen LogP contribution in [-0.2, 0) is 19.4 Å². The molecule has 5 nitrogen and oxygen atoms in total. The van der Waals surface area contributed by atoms with E-state index in [9.17, 15) is 0 Å². The molecule has 6 rings (SSSR count). The van der Waals surface area contributed by atoms with Crippen LogP contribution in [0.2, 0.25) is 0 Å². The van der Waals surface area contributed by atoms with Gasteiger partial charge in [-0.15, -0.1) is 11.3 Å². The minimum Gasteiger partial charge on any atom is -0.493 e. The van der Waals surface area contributed by atoms with Gasteiger partial charge in [0.2, 0.25) is 6.79 Å². The van der Waals surface area contributed by atoms with Crippen LogP contribution in [0, 0.1) is 0 Å². The van der Waals surface area contributed by atoms with Gasteiger partial charge in [-0.05, 0) is 65.2 Å². The van der Waals surface area contributed by atoms with E-state index in [-0.39, 0.29) is 0 Å². The molecule has 0 radical (unpaired) electrons. The molecule has 1 aromatic heterocycles. The fourth-order valence-corrected chi connectivity index (χ4v) is 5.27. The third-order valence-corrected chi connectivity index (χ3v) is 6.86. The molecule has 6 heteroatoms. The Balaban J connectivity index is 1.40. The van der Waals surface area contributed by atoms with Crippen molar-refractivity contribution in [2.24, 2.45) is 0 Å². The van der Waals surface area contributed by atoms with E-state index < -0.39 is 0 Å². The molecular weight excluding hydrogens is 386 g/mol. The minimum absolute atomic E-state index is 0.318. The van der Waals surface area contributed by atoms with Crippen molar-refractivity contribution in [3.8, 4) is 28.1 Å². The van der Waals surface area contributed by atoms with Crippen LogP contribution in [0.15, 0.2) is 41.8 Å². The summed E-state index contributed by atoms with van der Waals surface area (Å²) in [5.74, 6) is 3.39. The summed E-state index contributed by atoms with van der Waals surface area (Å²) in [5.41, 5.74) is 5.30. The van der Waals surface area contributed by atoms with Gasteiger partial charge in [-0.25, -0.2) is 0 Å². The number of hydrogen-bond acceptors (Lipinski definition) is 6. The molecule has 0 saturated carbocycles. The number of ether oxygens (including phenoxy) is 4. The van der Waals surface area contributed by atoms with Gasteiger partial charge in [0, 0.05) is 24.7 Å². The Morgan fingerprint density at radius 1 is 1.10 bits per heavy atom. The summed E-state index contributed by atoms with van der Waals surface area (Å²) in [6, 6.07) is 12.9. The van der Waals surface area contributed by atoms with Crippen molar-refractivity contribution in [2.75, 3.05) is 20.4 Å². The summed E-state index contributed by atoms with van der Waals surface area (Å²) in [4.78, 5) is 2.55. The molecule has 0 fully saturated rings. The standard InChI is InChI=1S/C23H21NO4S/c1-25-19-5-4-14-9-18-16-11-21-20(26-13-27-21)10-15(16)6-7-24(18)12-17(14)23(19)28-22-3-2-8-29-22/h2-5,8,10-11,18H,6-7,9,12-13H2,1H3. The predicted octanol–water partition coefficient (Wildman–Crippen LogP) is 4.93. The first-order chi connectivity index (χ1) is 14.3. The molecule has 3 aromatic rings.